The predicted molar refractivity (Wildman–Crippen MR) is 113 cm³/mol. The second kappa shape index (κ2) is 8.84. The van der Waals surface area contributed by atoms with Gasteiger partial charge in [0.25, 0.3) is 0 Å². The molecule has 6 nitrogen and oxygen atoms in total. The van der Waals surface area contributed by atoms with Crippen molar-refractivity contribution in [3.8, 4) is 5.75 Å². The summed E-state index contributed by atoms with van der Waals surface area (Å²) in [6, 6.07) is 11.0. The van der Waals surface area contributed by atoms with Crippen LogP contribution in [0.4, 0.5) is 5.69 Å². The van der Waals surface area contributed by atoms with Gasteiger partial charge in [0.2, 0.25) is 15.9 Å². The van der Waals surface area contributed by atoms with Crippen LogP contribution in [-0.4, -0.2) is 33.7 Å². The number of anilines is 1. The first-order valence-electron chi connectivity index (χ1n) is 8.75. The molecule has 0 aromatic heterocycles. The maximum absolute atomic E-state index is 12.9. The number of hydrogen-bond acceptors (Lipinski definition) is 4. The Balaban J connectivity index is 2.33. The monoisotopic (exact) mass is 424 g/mol. The first-order chi connectivity index (χ1) is 13.1. The molecule has 152 valence electrons. The van der Waals surface area contributed by atoms with Gasteiger partial charge in [-0.3, -0.25) is 9.10 Å². The molecule has 0 saturated carbocycles. The molecule has 2 aromatic carbocycles. The highest BCUT2D eigenvalue weighted by atomic mass is 35.5. The van der Waals surface area contributed by atoms with Crippen LogP contribution in [0.5, 0.6) is 5.75 Å². The van der Waals surface area contributed by atoms with Crippen molar-refractivity contribution in [1.29, 1.82) is 0 Å². The van der Waals surface area contributed by atoms with E-state index in [2.05, 4.69) is 5.32 Å². The molecule has 2 atom stereocenters. The number of amides is 1. The minimum absolute atomic E-state index is 0.368. The zero-order valence-corrected chi connectivity index (χ0v) is 18.1. The molecule has 0 aliphatic heterocycles. The lowest BCUT2D eigenvalue weighted by atomic mass is 10.1. The van der Waals surface area contributed by atoms with E-state index in [4.69, 9.17) is 16.3 Å². The number of methoxy groups -OCH3 is 1. The number of para-hydroxylation sites is 1. The van der Waals surface area contributed by atoms with E-state index in [9.17, 15) is 13.2 Å². The molecule has 0 spiro atoms. The highest BCUT2D eigenvalue weighted by Gasteiger charge is 2.31. The summed E-state index contributed by atoms with van der Waals surface area (Å²) >= 11 is 6.06. The second-order valence-electron chi connectivity index (χ2n) is 6.64. The Hall–Kier alpha value is -2.25. The Morgan fingerprint density at radius 2 is 1.82 bits per heavy atom. The van der Waals surface area contributed by atoms with Crippen LogP contribution in [0.2, 0.25) is 5.02 Å². The summed E-state index contributed by atoms with van der Waals surface area (Å²) < 4.78 is 31.4. The Bertz CT molecular complexity index is 962. The van der Waals surface area contributed by atoms with Gasteiger partial charge in [0.1, 0.15) is 11.8 Å². The number of hydrogen-bond donors (Lipinski definition) is 1. The second-order valence-corrected chi connectivity index (χ2v) is 8.93. The van der Waals surface area contributed by atoms with Crippen LogP contribution in [0.25, 0.3) is 0 Å². The standard InChI is InChI=1S/C20H25ClN2O4S/c1-13-10-11-16(21)12-18(13)23(28(5,25)26)15(3)20(24)22-14(2)17-8-6-7-9-19(17)27-4/h6-12,14-15H,1-5H3,(H,22,24)/t14-,15-/m1/s1. The lowest BCUT2D eigenvalue weighted by Crippen LogP contribution is -2.48. The summed E-state index contributed by atoms with van der Waals surface area (Å²) in [5.74, 6) is 0.219. The molecule has 28 heavy (non-hydrogen) atoms. The Morgan fingerprint density at radius 1 is 1.18 bits per heavy atom. The maximum atomic E-state index is 12.9. The van der Waals surface area contributed by atoms with Crippen LogP contribution in [0, 0.1) is 6.92 Å². The lowest BCUT2D eigenvalue weighted by Gasteiger charge is -2.30. The fraction of sp³-hybridized carbons (Fsp3) is 0.350. The van der Waals surface area contributed by atoms with Crippen molar-refractivity contribution >= 4 is 33.2 Å². The van der Waals surface area contributed by atoms with Crippen molar-refractivity contribution in [2.24, 2.45) is 0 Å². The highest BCUT2D eigenvalue weighted by Crippen LogP contribution is 2.29. The number of aryl methyl sites for hydroxylation is 1. The molecule has 1 amide bonds. The third-order valence-electron chi connectivity index (χ3n) is 4.46. The number of sulfonamides is 1. The third kappa shape index (κ3) is 4.97. The normalized spacial score (nSPS) is 13.5. The zero-order chi connectivity index (χ0) is 21.1. The molecule has 0 saturated heterocycles. The van der Waals surface area contributed by atoms with Crippen LogP contribution in [-0.2, 0) is 14.8 Å². The Morgan fingerprint density at radius 3 is 2.43 bits per heavy atom. The number of halogens is 1. The third-order valence-corrected chi connectivity index (χ3v) is 5.92. The molecule has 2 rings (SSSR count). The van der Waals surface area contributed by atoms with Crippen LogP contribution in [0.15, 0.2) is 42.5 Å². The quantitative estimate of drug-likeness (QED) is 0.735. The molecule has 2 aromatic rings. The molecule has 0 aliphatic carbocycles. The van der Waals surface area contributed by atoms with E-state index in [0.717, 1.165) is 16.1 Å². The van der Waals surface area contributed by atoms with Gasteiger partial charge in [-0.2, -0.15) is 0 Å². The van der Waals surface area contributed by atoms with Gasteiger partial charge in [-0.05, 0) is 44.5 Å². The number of nitrogens with one attached hydrogen (secondary N) is 1. The summed E-state index contributed by atoms with van der Waals surface area (Å²) in [5.41, 5.74) is 1.88. The molecule has 8 heteroatoms. The largest absolute Gasteiger partial charge is 0.496 e. The van der Waals surface area contributed by atoms with Crippen LogP contribution < -0.4 is 14.4 Å². The minimum Gasteiger partial charge on any atom is -0.496 e. The Labute approximate surface area is 171 Å². The average molecular weight is 425 g/mol. The molecular weight excluding hydrogens is 400 g/mol. The first-order valence-corrected chi connectivity index (χ1v) is 11.0. The van der Waals surface area contributed by atoms with Gasteiger partial charge in [-0.1, -0.05) is 35.9 Å². The Kier molecular flexibility index (Phi) is 6.96. The fourth-order valence-corrected chi connectivity index (χ4v) is 4.43. The van der Waals surface area contributed by atoms with E-state index >= 15 is 0 Å². The number of nitrogens with zero attached hydrogens (tertiary/aromatic N) is 1. The van der Waals surface area contributed by atoms with Gasteiger partial charge in [0, 0.05) is 10.6 Å². The van der Waals surface area contributed by atoms with Crippen molar-refractivity contribution in [3.05, 3.63) is 58.6 Å². The topological polar surface area (TPSA) is 75.7 Å². The van der Waals surface area contributed by atoms with E-state index < -0.39 is 22.0 Å². The number of rotatable bonds is 7. The minimum atomic E-state index is -3.73. The SMILES string of the molecule is COc1ccccc1[C@@H](C)NC(=O)[C@@H](C)N(c1cc(Cl)ccc1C)S(C)(=O)=O. The molecule has 0 bridgehead atoms. The van der Waals surface area contributed by atoms with E-state index in [1.807, 2.05) is 25.1 Å². The summed E-state index contributed by atoms with van der Waals surface area (Å²) in [7, 11) is -2.17. The van der Waals surface area contributed by atoms with Gasteiger partial charge >= 0.3 is 0 Å². The summed E-state index contributed by atoms with van der Waals surface area (Å²) in [4.78, 5) is 12.9. The van der Waals surface area contributed by atoms with Gasteiger partial charge in [0.05, 0.1) is 25.1 Å². The van der Waals surface area contributed by atoms with E-state index in [-0.39, 0.29) is 6.04 Å². The average Bonchev–Trinajstić information content (AvgIpc) is 2.63. The van der Waals surface area contributed by atoms with E-state index in [0.29, 0.717) is 22.0 Å². The maximum Gasteiger partial charge on any atom is 0.244 e. The van der Waals surface area contributed by atoms with Crippen LogP contribution >= 0.6 is 11.6 Å². The molecule has 1 N–H and O–H groups in total. The van der Waals surface area contributed by atoms with Crippen LogP contribution in [0.1, 0.15) is 31.0 Å². The zero-order valence-electron chi connectivity index (χ0n) is 16.6. The summed E-state index contributed by atoms with van der Waals surface area (Å²) in [6.07, 6.45) is 1.07. The number of carbonyl (C=O) groups excluding carboxylic acids is 1. The molecule has 0 radical (unpaired) electrons. The van der Waals surface area contributed by atoms with Gasteiger partial charge in [0.15, 0.2) is 0 Å². The summed E-state index contributed by atoms with van der Waals surface area (Å²) in [6.45, 7) is 5.13. The van der Waals surface area contributed by atoms with Crippen molar-refractivity contribution in [2.75, 3.05) is 17.7 Å². The van der Waals surface area contributed by atoms with Crippen molar-refractivity contribution in [2.45, 2.75) is 32.9 Å². The molecule has 0 heterocycles. The van der Waals surface area contributed by atoms with Crippen molar-refractivity contribution in [1.82, 2.24) is 5.32 Å². The summed E-state index contributed by atoms with van der Waals surface area (Å²) in [5, 5.41) is 3.26. The smallest absolute Gasteiger partial charge is 0.244 e. The molecular formula is C20H25ClN2O4S. The predicted octanol–water partition coefficient (Wildman–Crippen LogP) is 3.69. The number of ether oxygens (including phenoxy) is 1. The fourth-order valence-electron chi connectivity index (χ4n) is 3.04. The van der Waals surface area contributed by atoms with E-state index in [1.165, 1.54) is 0 Å². The van der Waals surface area contributed by atoms with E-state index in [1.54, 1.807) is 45.2 Å². The van der Waals surface area contributed by atoms with Gasteiger partial charge in [-0.25, -0.2) is 8.42 Å². The molecule has 0 unspecified atom stereocenters. The van der Waals surface area contributed by atoms with Crippen molar-refractivity contribution < 1.29 is 17.9 Å². The molecule has 0 aliphatic rings. The highest BCUT2D eigenvalue weighted by molar-refractivity contribution is 7.92. The van der Waals surface area contributed by atoms with Gasteiger partial charge in [-0.15, -0.1) is 0 Å². The van der Waals surface area contributed by atoms with Crippen molar-refractivity contribution in [3.63, 3.8) is 0 Å². The number of benzene rings is 2. The molecule has 0 fully saturated rings. The number of carbonyl (C=O) groups is 1. The van der Waals surface area contributed by atoms with Crippen LogP contribution in [0.3, 0.4) is 0 Å². The van der Waals surface area contributed by atoms with Gasteiger partial charge < -0.3 is 10.1 Å². The lowest BCUT2D eigenvalue weighted by molar-refractivity contribution is -0.122. The first kappa shape index (κ1) is 22.0.